The Morgan fingerprint density at radius 3 is 1.38 bits per heavy atom. The van der Waals surface area contributed by atoms with Crippen molar-refractivity contribution in [1.29, 1.82) is 5.26 Å². The van der Waals surface area contributed by atoms with Crippen molar-refractivity contribution in [3.8, 4) is 6.07 Å². The van der Waals surface area contributed by atoms with E-state index in [-0.39, 0.29) is 36.0 Å². The highest BCUT2D eigenvalue weighted by atomic mass is 79.9. The number of imidazole rings is 2. The molecular weight excluding hydrogens is 1360 g/mol. The lowest BCUT2D eigenvalue weighted by Crippen LogP contribution is -2.19. The van der Waals surface area contributed by atoms with Crippen LogP contribution < -0.4 is 11.1 Å². The molecule has 0 aliphatic heterocycles. The summed E-state index contributed by atoms with van der Waals surface area (Å²) < 4.78 is 124. The molecule has 0 bridgehead atoms. The Kier molecular flexibility index (Phi) is 18.8. The third kappa shape index (κ3) is 14.7. The Labute approximate surface area is 531 Å². The number of nitrogens with two attached hydrogens (primary N) is 1. The predicted molar refractivity (Wildman–Crippen MR) is 342 cm³/mol. The van der Waals surface area contributed by atoms with E-state index in [1.807, 2.05) is 49.0 Å². The number of aromatic amines is 1. The second kappa shape index (κ2) is 26.0. The average Bonchev–Trinajstić information content (AvgIpc) is 1.65. The lowest BCUT2D eigenvalue weighted by Gasteiger charge is -2.03. The molecule has 0 aliphatic rings. The molecule has 0 aromatic carbocycles. The number of hydrogen-bond acceptors (Lipinski definition) is 25. The largest absolute Gasteiger partial charge is 0.351 e. The van der Waals surface area contributed by atoms with Gasteiger partial charge in [0.05, 0.1) is 121 Å². The fourth-order valence-electron chi connectivity index (χ4n) is 8.72. The molecule has 0 fully saturated rings. The molecule has 0 unspecified atom stereocenters. The lowest BCUT2D eigenvalue weighted by molar-refractivity contribution is -0.119. The number of nitriles is 1. The quantitative estimate of drug-likeness (QED) is 0.197. The Hall–Kier alpha value is -10.1. The minimum atomic E-state index is -3.38. The van der Waals surface area contributed by atoms with Crippen molar-refractivity contribution >= 4 is 150 Å². The van der Waals surface area contributed by atoms with Crippen molar-refractivity contribution in [2.24, 2.45) is 5.73 Å². The van der Waals surface area contributed by atoms with Crippen LogP contribution in [0, 0.1) is 25.2 Å². The van der Waals surface area contributed by atoms with E-state index in [4.69, 9.17) is 11.0 Å². The zero-order valence-electron chi connectivity index (χ0n) is 49.4. The normalized spacial score (nSPS) is 11.9. The fourth-order valence-corrected chi connectivity index (χ4v) is 12.7. The van der Waals surface area contributed by atoms with Gasteiger partial charge in [0.15, 0.2) is 39.6 Å². The molecule has 478 valence electrons. The molecule has 0 saturated carbocycles. The molecule has 0 radical (unpaired) electrons. The number of H-pyrrole nitrogens is 1. The van der Waals surface area contributed by atoms with E-state index in [0.29, 0.717) is 55.0 Å². The van der Waals surface area contributed by atoms with Crippen molar-refractivity contribution < 1.29 is 46.9 Å². The highest BCUT2D eigenvalue weighted by Crippen LogP contribution is 2.21. The molecule has 14 heterocycles. The molecule has 1 amide bonds. The van der Waals surface area contributed by atoms with E-state index in [9.17, 15) is 46.9 Å². The number of nitrogens with one attached hydrogen (secondary N) is 2. The zero-order valence-corrected chi connectivity index (χ0v) is 55.1. The molecule has 14 rings (SSSR count). The van der Waals surface area contributed by atoms with Crippen molar-refractivity contribution in [2.45, 2.75) is 33.9 Å². The number of rotatable bonds is 8. The second-order valence-electron chi connectivity index (χ2n) is 19.7. The molecule has 34 nitrogen and oxygen atoms in total. The van der Waals surface area contributed by atoms with Gasteiger partial charge in [-0.15, -0.1) is 0 Å². The Balaban J connectivity index is 0.000000131. The molecule has 14 aromatic heterocycles. The monoisotopic (exact) mass is 1410 g/mol. The maximum Gasteiger partial charge on any atom is 0.237 e. The van der Waals surface area contributed by atoms with Gasteiger partial charge in [-0.25, -0.2) is 122 Å². The summed E-state index contributed by atoms with van der Waals surface area (Å²) >= 11 is 3.16. The van der Waals surface area contributed by atoms with Crippen LogP contribution >= 0.6 is 15.9 Å². The van der Waals surface area contributed by atoms with Crippen LogP contribution in [0.1, 0.15) is 35.7 Å². The number of halogens is 1. The van der Waals surface area contributed by atoms with E-state index in [1.165, 1.54) is 72.7 Å². The SMILES string of the molecule is CC(=O)NCc1cnc2c(ccn2S(C)(=O)=O)n1.CS(=O)(=O)n1ccc2nc(Br)cnc21.CS(=O)(=O)n1ccc2nc(C#N)cnc21.CS(=O)(=O)n1ccc2nc(CN)cnc21.Cc1ncc2cnc3[nH]ccc3n12.Cc1ncc2cnc3c(ccn3S(C)(=O)=O)n12. The van der Waals surface area contributed by atoms with Crippen molar-refractivity contribution in [3.05, 3.63) is 156 Å². The van der Waals surface area contributed by atoms with Gasteiger partial charge < -0.3 is 16.0 Å². The number of carbonyl (C=O) groups is 1. The fraction of sp³-hybridized carbons (Fsp3) is 0.192. The van der Waals surface area contributed by atoms with Gasteiger partial charge in [0, 0.05) is 50.6 Å². The van der Waals surface area contributed by atoms with Crippen LogP contribution in [0.25, 0.3) is 78.0 Å². The van der Waals surface area contributed by atoms with Gasteiger partial charge in [0.25, 0.3) is 0 Å². The highest BCUT2D eigenvalue weighted by molar-refractivity contribution is 9.10. The lowest BCUT2D eigenvalue weighted by atomic mass is 10.4. The summed E-state index contributed by atoms with van der Waals surface area (Å²) in [6.45, 7) is 5.81. The summed E-state index contributed by atoms with van der Waals surface area (Å²) in [6.07, 6.45) is 27.2. The first kappa shape index (κ1) is 66.4. The van der Waals surface area contributed by atoms with Crippen molar-refractivity contribution in [1.82, 2.24) is 98.8 Å². The summed E-state index contributed by atoms with van der Waals surface area (Å²) in [6, 6.07) is 11.8. The van der Waals surface area contributed by atoms with Crippen LogP contribution in [0.2, 0.25) is 0 Å². The van der Waals surface area contributed by atoms with Gasteiger partial charge in [0.1, 0.15) is 44.4 Å². The van der Waals surface area contributed by atoms with Gasteiger partial charge >= 0.3 is 0 Å². The zero-order chi connectivity index (χ0) is 66.8. The van der Waals surface area contributed by atoms with Gasteiger partial charge in [-0.1, -0.05) is 0 Å². The first-order valence-corrected chi connectivity index (χ1v) is 36.2. The van der Waals surface area contributed by atoms with Crippen molar-refractivity contribution in [2.75, 3.05) is 31.3 Å². The smallest absolute Gasteiger partial charge is 0.237 e. The first-order chi connectivity index (χ1) is 43.2. The van der Waals surface area contributed by atoms with Crippen LogP contribution in [-0.2, 0) is 68.0 Å². The van der Waals surface area contributed by atoms with E-state index >= 15 is 0 Å². The Morgan fingerprint density at radius 2 is 0.902 bits per heavy atom. The number of nitrogens with zero attached hydrogens (tertiary/aromatic N) is 20. The standard InChI is InChI=1S/C10H12N4O3S.C10H10N4O2S.C9H8N4.C8H10N4O2S.C8H6N4O2S.C7H6BrN3O2S/c1-7(15)11-5-8-6-12-10-9(13-8)3-4-14(10)18(2,16)17;1-7-11-5-8-6-12-10-9(14(7)8)3-4-13(10)17(2,15)16;1-6-11-4-7-5-12-9-8(13(6)7)2-3-10-9;2*1-15(13,14)12-3-2-7-8(12)10-5-6(4-9)11-7;1-14(12,13)11-3-2-5-7(11)9-4-6(8)10-5/h3-4,6H,5H2,1-2H3,(H,11,15);3-6H,1-2H3;2-5,10H,1H3;2-3,5H,4,9H2,1H3;2-3,5H,1H3;2-4H,1H3. The molecule has 0 atom stereocenters. The summed E-state index contributed by atoms with van der Waals surface area (Å²) in [7, 11) is -16.7. The van der Waals surface area contributed by atoms with Crippen molar-refractivity contribution in [3.63, 3.8) is 0 Å². The summed E-state index contributed by atoms with van der Waals surface area (Å²) in [4.78, 5) is 63.0. The summed E-state index contributed by atoms with van der Waals surface area (Å²) in [5.74, 6) is 1.63. The van der Waals surface area contributed by atoms with E-state index in [0.717, 1.165) is 86.5 Å². The highest BCUT2D eigenvalue weighted by Gasteiger charge is 2.18. The maximum atomic E-state index is 11.6. The molecule has 92 heavy (non-hydrogen) atoms. The van der Waals surface area contributed by atoms with Crippen LogP contribution in [0.3, 0.4) is 0 Å². The Morgan fingerprint density at radius 1 is 0.511 bits per heavy atom. The topological polar surface area (TPSA) is 454 Å². The number of hydrogen-bond donors (Lipinski definition) is 3. The number of aryl methyl sites for hydroxylation is 2. The summed E-state index contributed by atoms with van der Waals surface area (Å²) in [5, 5.41) is 11.2. The molecule has 4 N–H and O–H groups in total. The number of carbonyl (C=O) groups excluding carboxylic acids is 1. The Bertz CT molecular complexity index is 5810. The summed E-state index contributed by atoms with van der Waals surface area (Å²) in [5.41, 5.74) is 14.9. The van der Waals surface area contributed by atoms with Crippen LogP contribution in [0.4, 0.5) is 0 Å². The van der Waals surface area contributed by atoms with Gasteiger partial charge in [0.2, 0.25) is 56.0 Å². The molecular formula is C52H52BrN23O11S5. The number of amides is 1. The third-order valence-electron chi connectivity index (χ3n) is 12.7. The molecule has 14 aromatic rings. The van der Waals surface area contributed by atoms with E-state index in [2.05, 4.69) is 90.4 Å². The van der Waals surface area contributed by atoms with Gasteiger partial charge in [-0.05, 0) is 66.2 Å². The van der Waals surface area contributed by atoms with Crippen LogP contribution in [0.15, 0.2) is 128 Å². The third-order valence-corrected chi connectivity index (χ3v) is 18.1. The van der Waals surface area contributed by atoms with Crippen LogP contribution in [-0.4, -0.2) is 173 Å². The molecule has 0 saturated heterocycles. The van der Waals surface area contributed by atoms with Gasteiger partial charge in [-0.3, -0.25) is 13.6 Å². The molecule has 0 aliphatic carbocycles. The van der Waals surface area contributed by atoms with E-state index in [1.54, 1.807) is 36.7 Å². The molecule has 40 heteroatoms. The minimum Gasteiger partial charge on any atom is -0.351 e. The molecule has 0 spiro atoms. The first-order valence-electron chi connectivity index (χ1n) is 26.2. The van der Waals surface area contributed by atoms with E-state index < -0.39 is 50.1 Å². The number of fused-ring (bicyclic) bond motifs is 10. The average molecular weight is 1420 g/mol. The second-order valence-corrected chi connectivity index (χ2v) is 29.8. The minimum absolute atomic E-state index is 0.161. The number of aromatic nitrogens is 20. The van der Waals surface area contributed by atoms with Gasteiger partial charge in [-0.2, -0.15) is 5.26 Å². The van der Waals surface area contributed by atoms with Crippen LogP contribution in [0.5, 0.6) is 0 Å². The predicted octanol–water partition coefficient (Wildman–Crippen LogP) is 3.00. The maximum absolute atomic E-state index is 11.6.